The van der Waals surface area contributed by atoms with E-state index >= 15 is 0 Å². The van der Waals surface area contributed by atoms with Crippen LogP contribution in [0.2, 0.25) is 0 Å². The van der Waals surface area contributed by atoms with Gasteiger partial charge in [0.15, 0.2) is 11.4 Å². The van der Waals surface area contributed by atoms with E-state index in [0.29, 0.717) is 5.75 Å². The SMILES string of the molecule is COc1cn(-c2ccccc2)nc1C(=O)NC(C)c1ccc(S(N)(=O)=O)cc1. The molecule has 0 spiro atoms. The minimum Gasteiger partial charge on any atom is -0.493 e. The first kappa shape index (κ1) is 19.6. The van der Waals surface area contributed by atoms with Gasteiger partial charge in [0.2, 0.25) is 10.0 Å². The van der Waals surface area contributed by atoms with E-state index in [-0.39, 0.29) is 16.6 Å². The summed E-state index contributed by atoms with van der Waals surface area (Å²) in [4.78, 5) is 12.7. The first-order valence-electron chi connectivity index (χ1n) is 8.42. The molecule has 0 saturated heterocycles. The lowest BCUT2D eigenvalue weighted by Crippen LogP contribution is -2.27. The van der Waals surface area contributed by atoms with Crippen molar-refractivity contribution >= 4 is 15.9 Å². The number of ether oxygens (including phenoxy) is 1. The van der Waals surface area contributed by atoms with Crippen LogP contribution in [0.3, 0.4) is 0 Å². The Bertz CT molecular complexity index is 1080. The second-order valence-corrected chi connectivity index (χ2v) is 7.70. The molecule has 1 aromatic heterocycles. The normalized spacial score (nSPS) is 12.4. The highest BCUT2D eigenvalue weighted by molar-refractivity contribution is 7.89. The zero-order chi connectivity index (χ0) is 20.3. The molecule has 8 nitrogen and oxygen atoms in total. The average molecular weight is 400 g/mol. The van der Waals surface area contributed by atoms with Gasteiger partial charge in [0.05, 0.1) is 29.9 Å². The van der Waals surface area contributed by atoms with E-state index in [1.807, 2.05) is 30.3 Å². The lowest BCUT2D eigenvalue weighted by atomic mass is 10.1. The summed E-state index contributed by atoms with van der Waals surface area (Å²) in [5.41, 5.74) is 1.67. The van der Waals surface area contributed by atoms with Crippen LogP contribution in [0.15, 0.2) is 65.7 Å². The van der Waals surface area contributed by atoms with Crippen LogP contribution in [-0.2, 0) is 10.0 Å². The number of methoxy groups -OCH3 is 1. The molecule has 0 aliphatic rings. The van der Waals surface area contributed by atoms with Gasteiger partial charge < -0.3 is 10.1 Å². The molecule has 0 aliphatic heterocycles. The molecule has 3 rings (SSSR count). The molecule has 0 bridgehead atoms. The molecule has 0 saturated carbocycles. The van der Waals surface area contributed by atoms with Crippen molar-refractivity contribution in [1.82, 2.24) is 15.1 Å². The zero-order valence-corrected chi connectivity index (χ0v) is 16.2. The lowest BCUT2D eigenvalue weighted by molar-refractivity contribution is 0.0931. The molecule has 2 aromatic carbocycles. The molecular weight excluding hydrogens is 380 g/mol. The van der Waals surface area contributed by atoms with Crippen LogP contribution in [-0.4, -0.2) is 31.2 Å². The summed E-state index contributed by atoms with van der Waals surface area (Å²) in [5.74, 6) is -0.0623. The number of nitrogens with two attached hydrogens (primary N) is 1. The number of hydrogen-bond donors (Lipinski definition) is 2. The molecule has 0 aliphatic carbocycles. The number of aromatic nitrogens is 2. The smallest absolute Gasteiger partial charge is 0.276 e. The van der Waals surface area contributed by atoms with Crippen molar-refractivity contribution in [3.8, 4) is 11.4 Å². The van der Waals surface area contributed by atoms with Crippen molar-refractivity contribution < 1.29 is 17.9 Å². The standard InChI is InChI=1S/C19H20N4O4S/c1-13(14-8-10-16(11-9-14)28(20,25)26)21-19(24)18-17(27-2)12-23(22-18)15-6-4-3-5-7-15/h3-13H,1-2H3,(H,21,24)(H2,20,25,26). The number of benzene rings is 2. The van der Waals surface area contributed by atoms with Crippen molar-refractivity contribution in [1.29, 1.82) is 0 Å². The number of carbonyl (C=O) groups is 1. The highest BCUT2D eigenvalue weighted by Gasteiger charge is 2.20. The maximum absolute atomic E-state index is 12.7. The van der Waals surface area contributed by atoms with E-state index in [1.54, 1.807) is 29.9 Å². The number of amides is 1. The van der Waals surface area contributed by atoms with Crippen LogP contribution >= 0.6 is 0 Å². The fourth-order valence-corrected chi connectivity index (χ4v) is 3.19. The van der Waals surface area contributed by atoms with Crippen molar-refractivity contribution in [2.75, 3.05) is 7.11 Å². The van der Waals surface area contributed by atoms with E-state index in [1.165, 1.54) is 19.2 Å². The van der Waals surface area contributed by atoms with E-state index in [4.69, 9.17) is 9.88 Å². The van der Waals surface area contributed by atoms with Crippen LogP contribution < -0.4 is 15.2 Å². The van der Waals surface area contributed by atoms with Gasteiger partial charge in [-0.05, 0) is 36.8 Å². The molecule has 3 aromatic rings. The first-order valence-corrected chi connectivity index (χ1v) is 9.97. The molecule has 9 heteroatoms. The lowest BCUT2D eigenvalue weighted by Gasteiger charge is -2.14. The quantitative estimate of drug-likeness (QED) is 0.657. The van der Waals surface area contributed by atoms with E-state index in [0.717, 1.165) is 11.3 Å². The molecule has 0 fully saturated rings. The maximum Gasteiger partial charge on any atom is 0.276 e. The first-order chi connectivity index (χ1) is 13.3. The number of nitrogens with zero attached hydrogens (tertiary/aromatic N) is 2. The number of hydrogen-bond acceptors (Lipinski definition) is 5. The minimum absolute atomic E-state index is 0.0121. The van der Waals surface area contributed by atoms with Crippen molar-refractivity contribution in [2.24, 2.45) is 5.14 Å². The van der Waals surface area contributed by atoms with Crippen molar-refractivity contribution in [2.45, 2.75) is 17.9 Å². The van der Waals surface area contributed by atoms with Crippen LogP contribution in [0.5, 0.6) is 5.75 Å². The van der Waals surface area contributed by atoms with Crippen LogP contribution in [0.1, 0.15) is 29.0 Å². The predicted octanol–water partition coefficient (Wildman–Crippen LogP) is 2.02. The molecule has 28 heavy (non-hydrogen) atoms. The van der Waals surface area contributed by atoms with Gasteiger partial charge in [0.25, 0.3) is 5.91 Å². The summed E-state index contributed by atoms with van der Waals surface area (Å²) in [6.07, 6.45) is 1.63. The fraction of sp³-hybridized carbons (Fsp3) is 0.158. The number of sulfonamides is 1. The van der Waals surface area contributed by atoms with Gasteiger partial charge in [-0.15, -0.1) is 0 Å². The maximum atomic E-state index is 12.7. The summed E-state index contributed by atoms with van der Waals surface area (Å²) in [5, 5.41) is 12.3. The Morgan fingerprint density at radius 1 is 1.14 bits per heavy atom. The van der Waals surface area contributed by atoms with Gasteiger partial charge in [0, 0.05) is 0 Å². The van der Waals surface area contributed by atoms with Gasteiger partial charge >= 0.3 is 0 Å². The van der Waals surface area contributed by atoms with E-state index in [9.17, 15) is 13.2 Å². The Labute approximate surface area is 163 Å². The molecular formula is C19H20N4O4S. The molecule has 1 amide bonds. The van der Waals surface area contributed by atoms with E-state index in [2.05, 4.69) is 10.4 Å². The van der Waals surface area contributed by atoms with Crippen LogP contribution in [0, 0.1) is 0 Å². The topological polar surface area (TPSA) is 116 Å². The molecule has 1 heterocycles. The molecule has 0 radical (unpaired) electrons. The summed E-state index contributed by atoms with van der Waals surface area (Å²) in [7, 11) is -2.29. The summed E-state index contributed by atoms with van der Waals surface area (Å²) in [6, 6.07) is 15.0. The van der Waals surface area contributed by atoms with Crippen molar-refractivity contribution in [3.63, 3.8) is 0 Å². The van der Waals surface area contributed by atoms with E-state index < -0.39 is 15.9 Å². The van der Waals surface area contributed by atoms with Gasteiger partial charge in [-0.25, -0.2) is 18.2 Å². The van der Waals surface area contributed by atoms with Gasteiger partial charge in [0.1, 0.15) is 0 Å². The highest BCUT2D eigenvalue weighted by atomic mass is 32.2. The number of para-hydroxylation sites is 1. The second-order valence-electron chi connectivity index (χ2n) is 6.14. The van der Waals surface area contributed by atoms with Crippen molar-refractivity contribution in [3.05, 3.63) is 72.1 Å². The summed E-state index contributed by atoms with van der Waals surface area (Å²) < 4.78 is 29.6. The molecule has 3 N–H and O–H groups in total. The Hall–Kier alpha value is -3.17. The minimum atomic E-state index is -3.76. The third kappa shape index (κ3) is 4.21. The summed E-state index contributed by atoms with van der Waals surface area (Å²) in [6.45, 7) is 1.78. The van der Waals surface area contributed by atoms with Gasteiger partial charge in [-0.2, -0.15) is 5.10 Å². The number of primary sulfonamides is 1. The predicted molar refractivity (Wildman–Crippen MR) is 104 cm³/mol. The Balaban J connectivity index is 1.80. The number of rotatable bonds is 6. The Morgan fingerprint density at radius 3 is 2.36 bits per heavy atom. The largest absolute Gasteiger partial charge is 0.493 e. The second kappa shape index (κ2) is 7.83. The Kier molecular flexibility index (Phi) is 5.48. The van der Waals surface area contributed by atoms with Crippen LogP contribution in [0.25, 0.3) is 5.69 Å². The zero-order valence-electron chi connectivity index (χ0n) is 15.4. The Morgan fingerprint density at radius 2 is 1.79 bits per heavy atom. The number of carbonyl (C=O) groups excluding carboxylic acids is 1. The molecule has 1 unspecified atom stereocenters. The molecule has 1 atom stereocenters. The monoisotopic (exact) mass is 400 g/mol. The number of nitrogens with one attached hydrogen (secondary N) is 1. The third-order valence-electron chi connectivity index (χ3n) is 4.19. The average Bonchev–Trinajstić information content (AvgIpc) is 3.13. The molecule has 146 valence electrons. The highest BCUT2D eigenvalue weighted by Crippen LogP contribution is 2.21. The fourth-order valence-electron chi connectivity index (χ4n) is 2.67. The van der Waals surface area contributed by atoms with Gasteiger partial charge in [-0.1, -0.05) is 30.3 Å². The third-order valence-corrected chi connectivity index (χ3v) is 5.12. The van der Waals surface area contributed by atoms with Gasteiger partial charge in [-0.3, -0.25) is 4.79 Å². The summed E-state index contributed by atoms with van der Waals surface area (Å²) >= 11 is 0. The van der Waals surface area contributed by atoms with Crippen LogP contribution in [0.4, 0.5) is 0 Å².